The number of aryl methyl sites for hydroxylation is 1. The van der Waals surface area contributed by atoms with Gasteiger partial charge in [0.15, 0.2) is 5.16 Å². The highest BCUT2D eigenvalue weighted by Gasteiger charge is 2.14. The fourth-order valence-electron chi connectivity index (χ4n) is 1.96. The van der Waals surface area contributed by atoms with Gasteiger partial charge in [-0.25, -0.2) is 4.98 Å². The first-order valence-corrected chi connectivity index (χ1v) is 9.19. The summed E-state index contributed by atoms with van der Waals surface area (Å²) in [6.07, 6.45) is 3.10. The molecule has 1 unspecified atom stereocenters. The summed E-state index contributed by atoms with van der Waals surface area (Å²) in [6.45, 7) is 3.01. The monoisotopic (exact) mass is 344 g/mol. The lowest BCUT2D eigenvalue weighted by atomic mass is 10.3. The van der Waals surface area contributed by atoms with Crippen molar-refractivity contribution in [1.82, 2.24) is 9.55 Å². The zero-order valence-corrected chi connectivity index (χ0v) is 14.3. The molecule has 0 bridgehead atoms. The lowest BCUT2D eigenvalue weighted by Crippen LogP contribution is -2.07. The first kappa shape index (κ1) is 16.5. The van der Waals surface area contributed by atoms with Crippen molar-refractivity contribution in [2.75, 3.05) is 12.0 Å². The minimum absolute atomic E-state index is 0.00906. The van der Waals surface area contributed by atoms with E-state index < -0.39 is 5.97 Å². The number of carbonyl (C=O) groups is 1. The van der Waals surface area contributed by atoms with Crippen LogP contribution in [0.4, 0.5) is 0 Å². The average Bonchev–Trinajstić information content (AvgIpc) is 2.79. The lowest BCUT2D eigenvalue weighted by Gasteiger charge is -2.11. The molecule has 0 amide bonds. The number of hydrogen-bond donors (Lipinski definition) is 1. The first-order chi connectivity index (χ1) is 10.0. The summed E-state index contributed by atoms with van der Waals surface area (Å²) in [7, 11) is 0. The van der Waals surface area contributed by atoms with E-state index in [0.29, 0.717) is 10.3 Å². The van der Waals surface area contributed by atoms with Gasteiger partial charge in [-0.3, -0.25) is 4.79 Å². The Morgan fingerprint density at radius 3 is 2.95 bits per heavy atom. The zero-order valence-electron chi connectivity index (χ0n) is 11.9. The van der Waals surface area contributed by atoms with Crippen LogP contribution in [0.3, 0.4) is 0 Å². The van der Waals surface area contributed by atoms with Crippen molar-refractivity contribution < 1.29 is 9.90 Å². The van der Waals surface area contributed by atoms with Gasteiger partial charge in [-0.1, -0.05) is 30.3 Å². The fourth-order valence-corrected chi connectivity index (χ4v) is 3.23. The molecule has 0 saturated heterocycles. The Morgan fingerprint density at radius 2 is 2.29 bits per heavy atom. The smallest absolute Gasteiger partial charge is 0.313 e. The summed E-state index contributed by atoms with van der Waals surface area (Å²) in [5.74, 6) is -0.830. The molecule has 1 N–H and O–H groups in total. The Hall–Kier alpha value is -0.850. The van der Waals surface area contributed by atoms with Gasteiger partial charge >= 0.3 is 5.97 Å². The summed E-state index contributed by atoms with van der Waals surface area (Å²) >= 11 is 9.08. The third kappa shape index (κ3) is 4.31. The number of benzene rings is 1. The van der Waals surface area contributed by atoms with Crippen molar-refractivity contribution in [1.29, 1.82) is 0 Å². The molecule has 0 aliphatic carbocycles. The molecular formula is C14H17ClN2O2S2. The summed E-state index contributed by atoms with van der Waals surface area (Å²) in [4.78, 5) is 15.3. The second-order valence-corrected chi connectivity index (χ2v) is 7.35. The topological polar surface area (TPSA) is 55.1 Å². The van der Waals surface area contributed by atoms with Crippen molar-refractivity contribution in [3.63, 3.8) is 0 Å². The maximum absolute atomic E-state index is 10.8. The number of fused-ring (bicyclic) bond motifs is 1. The van der Waals surface area contributed by atoms with E-state index in [0.717, 1.165) is 29.2 Å². The molecule has 1 aromatic heterocycles. The van der Waals surface area contributed by atoms with Crippen LogP contribution in [0.5, 0.6) is 0 Å². The molecular weight excluding hydrogens is 328 g/mol. The van der Waals surface area contributed by atoms with Gasteiger partial charge in [0.2, 0.25) is 0 Å². The molecule has 2 aromatic rings. The second kappa shape index (κ2) is 7.42. The maximum Gasteiger partial charge on any atom is 0.313 e. The SMILES string of the molecule is CSC(C)CCn1c(SCC(=O)O)nc2cc(Cl)ccc21. The number of aliphatic carboxylic acids is 1. The van der Waals surface area contributed by atoms with Gasteiger partial charge in [-0.15, -0.1) is 0 Å². The van der Waals surface area contributed by atoms with Gasteiger partial charge in [-0.2, -0.15) is 11.8 Å². The Kier molecular flexibility index (Phi) is 5.84. The molecule has 0 radical (unpaired) electrons. The van der Waals surface area contributed by atoms with Crippen molar-refractivity contribution in [2.24, 2.45) is 0 Å². The van der Waals surface area contributed by atoms with Crippen LogP contribution in [0.1, 0.15) is 13.3 Å². The van der Waals surface area contributed by atoms with Crippen molar-refractivity contribution >= 4 is 52.1 Å². The number of hydrogen-bond acceptors (Lipinski definition) is 4. The van der Waals surface area contributed by atoms with Crippen molar-refractivity contribution in [3.8, 4) is 0 Å². The van der Waals surface area contributed by atoms with Crippen LogP contribution < -0.4 is 0 Å². The predicted octanol–water partition coefficient (Wildman–Crippen LogP) is 4.01. The number of carboxylic acids is 1. The summed E-state index contributed by atoms with van der Waals surface area (Å²) in [5.41, 5.74) is 1.81. The average molecular weight is 345 g/mol. The van der Waals surface area contributed by atoms with Crippen LogP contribution >= 0.6 is 35.1 Å². The normalized spacial score (nSPS) is 12.7. The second-order valence-electron chi connectivity index (χ2n) is 4.70. The Bertz CT molecular complexity index is 645. The molecule has 1 atom stereocenters. The highest BCUT2D eigenvalue weighted by Crippen LogP contribution is 2.27. The molecule has 114 valence electrons. The Balaban J connectivity index is 2.32. The molecule has 0 spiro atoms. The Morgan fingerprint density at radius 1 is 1.52 bits per heavy atom. The highest BCUT2D eigenvalue weighted by atomic mass is 35.5. The molecule has 1 aromatic carbocycles. The number of carboxylic acid groups (broad SMARTS) is 1. The third-order valence-electron chi connectivity index (χ3n) is 3.16. The molecule has 0 saturated carbocycles. The van der Waals surface area contributed by atoms with E-state index in [-0.39, 0.29) is 5.75 Å². The number of aromatic nitrogens is 2. The van der Waals surface area contributed by atoms with Gasteiger partial charge in [0.1, 0.15) is 0 Å². The number of imidazole rings is 1. The fraction of sp³-hybridized carbons (Fsp3) is 0.429. The van der Waals surface area contributed by atoms with Gasteiger partial charge in [0.05, 0.1) is 16.8 Å². The molecule has 7 heteroatoms. The van der Waals surface area contributed by atoms with E-state index in [2.05, 4.69) is 22.7 Å². The van der Waals surface area contributed by atoms with Crippen LogP contribution in [0.15, 0.2) is 23.4 Å². The van der Waals surface area contributed by atoms with E-state index in [4.69, 9.17) is 16.7 Å². The number of halogens is 1. The van der Waals surface area contributed by atoms with E-state index in [1.165, 1.54) is 11.8 Å². The predicted molar refractivity (Wildman–Crippen MR) is 90.7 cm³/mol. The molecule has 0 aliphatic heterocycles. The van der Waals surface area contributed by atoms with E-state index in [1.54, 1.807) is 0 Å². The lowest BCUT2D eigenvalue weighted by molar-refractivity contribution is -0.133. The molecule has 2 rings (SSSR count). The molecule has 4 nitrogen and oxygen atoms in total. The van der Waals surface area contributed by atoms with Crippen LogP contribution in [0, 0.1) is 0 Å². The van der Waals surface area contributed by atoms with E-state index in [9.17, 15) is 4.79 Å². The van der Waals surface area contributed by atoms with Crippen LogP contribution in [0.2, 0.25) is 5.02 Å². The summed E-state index contributed by atoms with van der Waals surface area (Å²) in [5, 5.41) is 10.8. The maximum atomic E-state index is 10.8. The van der Waals surface area contributed by atoms with Crippen LogP contribution in [-0.4, -0.2) is 37.9 Å². The first-order valence-electron chi connectivity index (χ1n) is 6.54. The largest absolute Gasteiger partial charge is 0.481 e. The number of rotatable bonds is 7. The zero-order chi connectivity index (χ0) is 15.4. The van der Waals surface area contributed by atoms with Gasteiger partial charge in [-0.05, 0) is 30.9 Å². The van der Waals surface area contributed by atoms with Gasteiger partial charge < -0.3 is 9.67 Å². The standard InChI is InChI=1S/C14H17ClN2O2S2/c1-9(20-2)5-6-17-12-4-3-10(15)7-11(12)16-14(17)21-8-13(18)19/h3-4,7,9H,5-6,8H2,1-2H3,(H,18,19). The molecule has 1 heterocycles. The summed E-state index contributed by atoms with van der Waals surface area (Å²) < 4.78 is 2.09. The van der Waals surface area contributed by atoms with Crippen LogP contribution in [0.25, 0.3) is 11.0 Å². The van der Waals surface area contributed by atoms with Crippen molar-refractivity contribution in [2.45, 2.75) is 30.3 Å². The van der Waals surface area contributed by atoms with E-state index >= 15 is 0 Å². The highest BCUT2D eigenvalue weighted by molar-refractivity contribution is 7.99. The number of nitrogens with zero attached hydrogens (tertiary/aromatic N) is 2. The minimum Gasteiger partial charge on any atom is -0.481 e. The van der Waals surface area contributed by atoms with Crippen LogP contribution in [-0.2, 0) is 11.3 Å². The summed E-state index contributed by atoms with van der Waals surface area (Å²) in [6, 6.07) is 5.60. The van der Waals surface area contributed by atoms with E-state index in [1.807, 2.05) is 30.0 Å². The molecule has 21 heavy (non-hydrogen) atoms. The van der Waals surface area contributed by atoms with Crippen molar-refractivity contribution in [3.05, 3.63) is 23.2 Å². The van der Waals surface area contributed by atoms with Gasteiger partial charge in [0, 0.05) is 16.8 Å². The minimum atomic E-state index is -0.839. The number of thioether (sulfide) groups is 2. The Labute approximate surface area is 137 Å². The quantitative estimate of drug-likeness (QED) is 0.769. The third-order valence-corrected chi connectivity index (χ3v) is 5.40. The molecule has 0 fully saturated rings. The molecule has 0 aliphatic rings. The van der Waals surface area contributed by atoms with Gasteiger partial charge in [0.25, 0.3) is 0 Å².